The Kier molecular flexibility index (Phi) is 4.55. The Hall–Kier alpha value is -1.98. The molecule has 114 valence electrons. The van der Waals surface area contributed by atoms with E-state index in [4.69, 9.17) is 0 Å². The fourth-order valence-electron chi connectivity index (χ4n) is 2.61. The first kappa shape index (κ1) is 15.4. The summed E-state index contributed by atoms with van der Waals surface area (Å²) in [4.78, 5) is 25.5. The van der Waals surface area contributed by atoms with Gasteiger partial charge in [0.1, 0.15) is 23.4 Å². The van der Waals surface area contributed by atoms with Crippen molar-refractivity contribution in [1.29, 1.82) is 0 Å². The number of rotatable bonds is 5. The van der Waals surface area contributed by atoms with E-state index in [2.05, 4.69) is 5.32 Å². The van der Waals surface area contributed by atoms with E-state index in [1.807, 2.05) is 13.8 Å². The van der Waals surface area contributed by atoms with Gasteiger partial charge in [0, 0.05) is 6.04 Å². The van der Waals surface area contributed by atoms with E-state index < -0.39 is 23.6 Å². The number of hydrogen-bond donors (Lipinski definition) is 1. The van der Waals surface area contributed by atoms with E-state index >= 15 is 0 Å². The van der Waals surface area contributed by atoms with Crippen LogP contribution in [0.5, 0.6) is 0 Å². The molecule has 2 rings (SSSR count). The molecule has 1 aromatic rings. The van der Waals surface area contributed by atoms with Gasteiger partial charge in [-0.15, -0.1) is 0 Å². The quantitative estimate of drug-likeness (QED) is 0.850. The van der Waals surface area contributed by atoms with Crippen LogP contribution in [0.2, 0.25) is 0 Å². The van der Waals surface area contributed by atoms with Crippen LogP contribution in [0.15, 0.2) is 18.2 Å². The van der Waals surface area contributed by atoms with Crippen molar-refractivity contribution >= 4 is 17.5 Å². The van der Waals surface area contributed by atoms with Gasteiger partial charge in [0.2, 0.25) is 5.91 Å². The normalized spacial score (nSPS) is 18.7. The lowest BCUT2D eigenvalue weighted by Gasteiger charge is -2.24. The van der Waals surface area contributed by atoms with E-state index in [1.54, 1.807) is 0 Å². The maximum absolute atomic E-state index is 13.6. The molecule has 21 heavy (non-hydrogen) atoms. The van der Waals surface area contributed by atoms with Gasteiger partial charge in [0.25, 0.3) is 5.91 Å². The molecule has 6 heteroatoms. The number of anilines is 1. The third-order valence-electron chi connectivity index (χ3n) is 3.77. The zero-order valence-corrected chi connectivity index (χ0v) is 12.0. The molecule has 1 N–H and O–H groups in total. The van der Waals surface area contributed by atoms with Gasteiger partial charge < -0.3 is 5.32 Å². The molecule has 1 unspecified atom stereocenters. The van der Waals surface area contributed by atoms with E-state index in [9.17, 15) is 18.4 Å². The summed E-state index contributed by atoms with van der Waals surface area (Å²) >= 11 is 0. The van der Waals surface area contributed by atoms with Crippen molar-refractivity contribution in [2.75, 3.05) is 5.32 Å². The Morgan fingerprint density at radius 1 is 1.24 bits per heavy atom. The molecule has 0 saturated carbocycles. The van der Waals surface area contributed by atoms with Crippen LogP contribution in [-0.2, 0) is 9.59 Å². The van der Waals surface area contributed by atoms with Crippen LogP contribution in [0.3, 0.4) is 0 Å². The lowest BCUT2D eigenvalue weighted by Crippen LogP contribution is -2.41. The number of imide groups is 1. The number of amides is 2. The summed E-state index contributed by atoms with van der Waals surface area (Å²) in [6.45, 7) is 3.79. The van der Waals surface area contributed by atoms with Crippen molar-refractivity contribution < 1.29 is 18.4 Å². The van der Waals surface area contributed by atoms with Gasteiger partial charge in [-0.2, -0.15) is 0 Å². The molecule has 0 radical (unpaired) electrons. The Morgan fingerprint density at radius 2 is 1.81 bits per heavy atom. The molecule has 1 aliphatic rings. The van der Waals surface area contributed by atoms with Crippen molar-refractivity contribution in [2.45, 2.75) is 45.2 Å². The minimum absolute atomic E-state index is 0.0803. The van der Waals surface area contributed by atoms with E-state index in [-0.39, 0.29) is 24.1 Å². The third-order valence-corrected chi connectivity index (χ3v) is 3.77. The van der Waals surface area contributed by atoms with Gasteiger partial charge in [-0.1, -0.05) is 19.9 Å². The topological polar surface area (TPSA) is 49.4 Å². The third kappa shape index (κ3) is 2.89. The smallest absolute Gasteiger partial charge is 0.252 e. The average Bonchev–Trinajstić information content (AvgIpc) is 2.72. The second-order valence-electron chi connectivity index (χ2n) is 5.07. The number of halogens is 2. The van der Waals surface area contributed by atoms with Crippen LogP contribution >= 0.6 is 0 Å². The van der Waals surface area contributed by atoms with Gasteiger partial charge in [-0.25, -0.2) is 8.78 Å². The zero-order chi connectivity index (χ0) is 15.6. The van der Waals surface area contributed by atoms with Crippen LogP contribution in [0.1, 0.15) is 33.1 Å². The summed E-state index contributed by atoms with van der Waals surface area (Å²) in [5.41, 5.74) is -0.366. The van der Waals surface area contributed by atoms with Crippen molar-refractivity contribution in [3.05, 3.63) is 29.8 Å². The molecule has 1 fully saturated rings. The molecule has 0 spiro atoms. The number of nitrogens with one attached hydrogen (secondary N) is 1. The molecule has 1 aromatic carbocycles. The molecule has 0 bridgehead atoms. The molecule has 1 atom stereocenters. The summed E-state index contributed by atoms with van der Waals surface area (Å²) in [5, 5.41) is 2.53. The number of likely N-dealkylation sites (tertiary alicyclic amines) is 1. The number of nitrogens with zero attached hydrogens (tertiary/aromatic N) is 1. The van der Waals surface area contributed by atoms with E-state index in [0.717, 1.165) is 12.1 Å². The van der Waals surface area contributed by atoms with Crippen molar-refractivity contribution in [1.82, 2.24) is 4.90 Å². The number of para-hydroxylation sites is 1. The highest BCUT2D eigenvalue weighted by molar-refractivity contribution is 6.07. The number of carbonyl (C=O) groups excluding carboxylic acids is 2. The van der Waals surface area contributed by atoms with Crippen LogP contribution in [-0.4, -0.2) is 28.8 Å². The van der Waals surface area contributed by atoms with Crippen LogP contribution in [0, 0.1) is 11.6 Å². The summed E-state index contributed by atoms with van der Waals surface area (Å²) in [6, 6.07) is 2.37. The average molecular weight is 296 g/mol. The maximum Gasteiger partial charge on any atom is 0.252 e. The maximum atomic E-state index is 13.6. The van der Waals surface area contributed by atoms with Crippen molar-refractivity contribution in [3.8, 4) is 0 Å². The Morgan fingerprint density at radius 3 is 2.33 bits per heavy atom. The predicted octanol–water partition coefficient (Wildman–Crippen LogP) is 2.69. The molecule has 2 amide bonds. The lowest BCUT2D eigenvalue weighted by atomic mass is 10.1. The highest BCUT2D eigenvalue weighted by atomic mass is 19.1. The van der Waals surface area contributed by atoms with Crippen molar-refractivity contribution in [2.24, 2.45) is 0 Å². The predicted molar refractivity (Wildman–Crippen MR) is 74.6 cm³/mol. The minimum Gasteiger partial charge on any atom is -0.368 e. The number of carbonyl (C=O) groups is 2. The number of benzene rings is 1. The largest absolute Gasteiger partial charge is 0.368 e. The SMILES string of the molecule is CCC(CC)N1C(=O)CC(Nc2c(F)cccc2F)C1=O. The first-order chi connectivity index (χ1) is 9.99. The van der Waals surface area contributed by atoms with Gasteiger partial charge in [0.15, 0.2) is 0 Å². The van der Waals surface area contributed by atoms with Crippen LogP contribution in [0.4, 0.5) is 14.5 Å². The lowest BCUT2D eigenvalue weighted by molar-refractivity contribution is -0.141. The molecule has 0 aliphatic carbocycles. The second kappa shape index (κ2) is 6.20. The first-order valence-corrected chi connectivity index (χ1v) is 7.06. The standard InChI is InChI=1S/C15H18F2N2O2/c1-3-9(4-2)19-13(20)8-12(15(19)21)18-14-10(16)6-5-7-11(14)17/h5-7,9,12,18H,3-4,8H2,1-2H3. The highest BCUT2D eigenvalue weighted by Gasteiger charge is 2.41. The van der Waals surface area contributed by atoms with Gasteiger partial charge >= 0.3 is 0 Å². The Bertz CT molecular complexity index is 538. The fourth-order valence-corrected chi connectivity index (χ4v) is 2.61. The van der Waals surface area contributed by atoms with Gasteiger partial charge in [-0.05, 0) is 25.0 Å². The van der Waals surface area contributed by atoms with Crippen LogP contribution < -0.4 is 5.32 Å². The Labute approximate surface area is 122 Å². The van der Waals surface area contributed by atoms with E-state index in [0.29, 0.717) is 12.8 Å². The van der Waals surface area contributed by atoms with E-state index in [1.165, 1.54) is 11.0 Å². The molecule has 1 heterocycles. The molecule has 1 saturated heterocycles. The first-order valence-electron chi connectivity index (χ1n) is 7.06. The molecule has 1 aliphatic heterocycles. The summed E-state index contributed by atoms with van der Waals surface area (Å²) < 4.78 is 27.2. The van der Waals surface area contributed by atoms with Gasteiger partial charge in [-0.3, -0.25) is 14.5 Å². The molecular weight excluding hydrogens is 278 g/mol. The molecule has 4 nitrogen and oxygen atoms in total. The second-order valence-corrected chi connectivity index (χ2v) is 5.07. The summed E-state index contributed by atoms with van der Waals surface area (Å²) in [5.74, 6) is -2.29. The summed E-state index contributed by atoms with van der Waals surface area (Å²) in [7, 11) is 0. The van der Waals surface area contributed by atoms with Gasteiger partial charge in [0.05, 0.1) is 6.42 Å². The molecular formula is C15H18F2N2O2. The van der Waals surface area contributed by atoms with Crippen LogP contribution in [0.25, 0.3) is 0 Å². The summed E-state index contributed by atoms with van der Waals surface area (Å²) in [6.07, 6.45) is 1.24. The van der Waals surface area contributed by atoms with Crippen molar-refractivity contribution in [3.63, 3.8) is 0 Å². The zero-order valence-electron chi connectivity index (χ0n) is 12.0. The minimum atomic E-state index is -0.913. The fraction of sp³-hybridized carbons (Fsp3) is 0.467. The monoisotopic (exact) mass is 296 g/mol. The molecule has 0 aromatic heterocycles. The Balaban J connectivity index is 2.20. The number of hydrogen-bond acceptors (Lipinski definition) is 3. The highest BCUT2D eigenvalue weighted by Crippen LogP contribution is 2.25.